The van der Waals surface area contributed by atoms with Crippen molar-refractivity contribution in [1.82, 2.24) is 19.7 Å². The molecule has 2 aromatic heterocycles. The lowest BCUT2D eigenvalue weighted by molar-refractivity contribution is -0.0351. The maximum Gasteiger partial charge on any atom is 0.112 e. The van der Waals surface area contributed by atoms with Gasteiger partial charge in [-0.15, -0.1) is 0 Å². The van der Waals surface area contributed by atoms with Crippen LogP contribution < -0.4 is 0 Å². The van der Waals surface area contributed by atoms with Gasteiger partial charge in [-0.25, -0.2) is 0 Å². The molecule has 1 saturated heterocycles. The third kappa shape index (κ3) is 4.43. The van der Waals surface area contributed by atoms with Crippen LogP contribution in [-0.4, -0.2) is 39.4 Å². The van der Waals surface area contributed by atoms with Crippen molar-refractivity contribution < 1.29 is 4.74 Å². The highest BCUT2D eigenvalue weighted by Gasteiger charge is 2.25. The molecular formula is C24H29ClN4O. The van der Waals surface area contributed by atoms with E-state index in [2.05, 4.69) is 49.4 Å². The molecule has 3 aromatic rings. The average molecular weight is 425 g/mol. The molecule has 1 atom stereocenters. The molecule has 0 aliphatic carbocycles. The van der Waals surface area contributed by atoms with E-state index in [1.165, 1.54) is 11.3 Å². The molecular weight excluding hydrogens is 396 g/mol. The van der Waals surface area contributed by atoms with Crippen LogP contribution in [0.3, 0.4) is 0 Å². The van der Waals surface area contributed by atoms with E-state index in [0.29, 0.717) is 12.6 Å². The highest BCUT2D eigenvalue weighted by molar-refractivity contribution is 6.30. The second-order valence-corrected chi connectivity index (χ2v) is 8.70. The summed E-state index contributed by atoms with van der Waals surface area (Å²) in [4.78, 5) is 7.15. The minimum absolute atomic E-state index is 0.0204. The summed E-state index contributed by atoms with van der Waals surface area (Å²) in [5, 5.41) is 5.46. The Bertz CT molecular complexity index is 1010. The number of aryl methyl sites for hydroxylation is 1. The number of halogens is 1. The maximum absolute atomic E-state index is 6.12. The normalized spacial score (nSPS) is 17.6. The van der Waals surface area contributed by atoms with Crippen LogP contribution >= 0.6 is 11.6 Å². The van der Waals surface area contributed by atoms with E-state index in [0.717, 1.165) is 47.2 Å². The first-order chi connectivity index (χ1) is 14.4. The van der Waals surface area contributed by atoms with Crippen LogP contribution in [0.25, 0.3) is 11.1 Å². The summed E-state index contributed by atoms with van der Waals surface area (Å²) >= 11 is 6.12. The van der Waals surface area contributed by atoms with Gasteiger partial charge in [-0.2, -0.15) is 5.10 Å². The summed E-state index contributed by atoms with van der Waals surface area (Å²) in [5.41, 5.74) is 6.80. The Kier molecular flexibility index (Phi) is 6.23. The fourth-order valence-electron chi connectivity index (χ4n) is 4.11. The Morgan fingerprint density at radius 3 is 2.67 bits per heavy atom. The van der Waals surface area contributed by atoms with Crippen LogP contribution in [0.5, 0.6) is 0 Å². The Morgan fingerprint density at radius 2 is 2.00 bits per heavy atom. The summed E-state index contributed by atoms with van der Waals surface area (Å²) in [6, 6.07) is 12.4. The monoisotopic (exact) mass is 424 g/mol. The van der Waals surface area contributed by atoms with Gasteiger partial charge in [0.15, 0.2) is 0 Å². The molecule has 3 heterocycles. The Balaban J connectivity index is 1.47. The first-order valence-electron chi connectivity index (χ1n) is 10.5. The van der Waals surface area contributed by atoms with Crippen LogP contribution in [0.1, 0.15) is 48.6 Å². The number of hydrogen-bond donors (Lipinski definition) is 0. The van der Waals surface area contributed by atoms with Crippen molar-refractivity contribution in [2.24, 2.45) is 0 Å². The number of aromatic nitrogens is 3. The van der Waals surface area contributed by atoms with E-state index >= 15 is 0 Å². The smallest absolute Gasteiger partial charge is 0.112 e. The Labute approximate surface area is 183 Å². The van der Waals surface area contributed by atoms with Crippen molar-refractivity contribution in [1.29, 1.82) is 0 Å². The SMILES string of the molecule is Cc1nn(C(C)C)c(C)c1CN1CCO[C@@H](c2ccc(-c3cccc(Cl)c3)cn2)C1. The topological polar surface area (TPSA) is 43.2 Å². The van der Waals surface area contributed by atoms with E-state index in [4.69, 9.17) is 26.4 Å². The molecule has 1 aliphatic heterocycles. The molecule has 1 aliphatic rings. The lowest BCUT2D eigenvalue weighted by Gasteiger charge is -2.32. The first-order valence-corrected chi connectivity index (χ1v) is 10.9. The molecule has 0 radical (unpaired) electrons. The third-order valence-corrected chi connectivity index (χ3v) is 6.01. The molecule has 6 heteroatoms. The molecule has 1 fully saturated rings. The zero-order valence-corrected chi connectivity index (χ0v) is 18.9. The minimum Gasteiger partial charge on any atom is -0.369 e. The van der Waals surface area contributed by atoms with Crippen molar-refractivity contribution >= 4 is 11.6 Å². The molecule has 0 amide bonds. The van der Waals surface area contributed by atoms with E-state index in [1.54, 1.807) is 0 Å². The van der Waals surface area contributed by atoms with Crippen LogP contribution in [0, 0.1) is 13.8 Å². The Hall–Kier alpha value is -2.21. The average Bonchev–Trinajstić information content (AvgIpc) is 3.03. The van der Waals surface area contributed by atoms with E-state index < -0.39 is 0 Å². The summed E-state index contributed by atoms with van der Waals surface area (Å²) < 4.78 is 8.18. The van der Waals surface area contributed by atoms with Gasteiger partial charge in [0.05, 0.1) is 18.0 Å². The van der Waals surface area contributed by atoms with Crippen LogP contribution in [0.4, 0.5) is 0 Å². The van der Waals surface area contributed by atoms with E-state index in [-0.39, 0.29) is 6.10 Å². The summed E-state index contributed by atoms with van der Waals surface area (Å²) in [6.07, 6.45) is 1.89. The molecule has 1 aromatic carbocycles. The molecule has 0 unspecified atom stereocenters. The largest absolute Gasteiger partial charge is 0.369 e. The summed E-state index contributed by atoms with van der Waals surface area (Å²) in [7, 11) is 0. The highest BCUT2D eigenvalue weighted by atomic mass is 35.5. The number of benzene rings is 1. The quantitative estimate of drug-likeness (QED) is 0.552. The molecule has 30 heavy (non-hydrogen) atoms. The van der Waals surface area contributed by atoms with Gasteiger partial charge < -0.3 is 4.74 Å². The maximum atomic E-state index is 6.12. The fraction of sp³-hybridized carbons (Fsp3) is 0.417. The second kappa shape index (κ2) is 8.88. The number of hydrogen-bond acceptors (Lipinski definition) is 4. The van der Waals surface area contributed by atoms with Crippen molar-refractivity contribution in [3.05, 3.63) is 70.3 Å². The molecule has 158 valence electrons. The molecule has 0 N–H and O–H groups in total. The predicted octanol–water partition coefficient (Wildman–Crippen LogP) is 5.37. The van der Waals surface area contributed by atoms with Gasteiger partial charge in [0.2, 0.25) is 0 Å². The molecule has 5 nitrogen and oxygen atoms in total. The number of pyridine rings is 1. The van der Waals surface area contributed by atoms with Gasteiger partial charge in [-0.3, -0.25) is 14.6 Å². The van der Waals surface area contributed by atoms with Crippen molar-refractivity contribution in [2.75, 3.05) is 19.7 Å². The summed E-state index contributed by atoms with van der Waals surface area (Å²) in [5.74, 6) is 0. The van der Waals surface area contributed by atoms with Crippen molar-refractivity contribution in [3.63, 3.8) is 0 Å². The van der Waals surface area contributed by atoms with E-state index in [1.807, 2.05) is 30.5 Å². The molecule has 0 bridgehead atoms. The zero-order chi connectivity index (χ0) is 21.3. The minimum atomic E-state index is -0.0204. The van der Waals surface area contributed by atoms with Gasteiger partial charge in [-0.1, -0.05) is 29.8 Å². The van der Waals surface area contributed by atoms with Gasteiger partial charge in [-0.05, 0) is 51.5 Å². The van der Waals surface area contributed by atoms with Crippen LogP contribution in [0.15, 0.2) is 42.6 Å². The first kappa shape index (κ1) is 21.0. The van der Waals surface area contributed by atoms with Crippen LogP contribution in [0.2, 0.25) is 5.02 Å². The zero-order valence-electron chi connectivity index (χ0n) is 18.1. The summed E-state index contributed by atoms with van der Waals surface area (Å²) in [6.45, 7) is 12.0. The number of nitrogens with zero attached hydrogens (tertiary/aromatic N) is 4. The second-order valence-electron chi connectivity index (χ2n) is 8.26. The van der Waals surface area contributed by atoms with Gasteiger partial charge in [0.25, 0.3) is 0 Å². The molecule has 0 saturated carbocycles. The number of morpholine rings is 1. The number of ether oxygens (including phenoxy) is 1. The van der Waals surface area contributed by atoms with Crippen molar-refractivity contribution in [2.45, 2.75) is 46.4 Å². The molecule has 4 rings (SSSR count). The predicted molar refractivity (Wildman–Crippen MR) is 121 cm³/mol. The standard InChI is InChI=1S/C24H29ClN4O/c1-16(2)29-18(4)22(17(3)27-29)14-28-10-11-30-24(15-28)23-9-8-20(13-26-23)19-6-5-7-21(25)12-19/h5-9,12-13,16,24H,10-11,14-15H2,1-4H3/t24-/m1/s1. The lowest BCUT2D eigenvalue weighted by atomic mass is 10.1. The lowest BCUT2D eigenvalue weighted by Crippen LogP contribution is -2.38. The number of rotatable bonds is 5. The van der Waals surface area contributed by atoms with E-state index in [9.17, 15) is 0 Å². The van der Waals surface area contributed by atoms with Crippen LogP contribution in [-0.2, 0) is 11.3 Å². The molecule has 0 spiro atoms. The Morgan fingerprint density at radius 1 is 1.17 bits per heavy atom. The van der Waals surface area contributed by atoms with Gasteiger partial charge in [0, 0.05) is 53.7 Å². The third-order valence-electron chi connectivity index (χ3n) is 5.77. The van der Waals surface area contributed by atoms with Gasteiger partial charge >= 0.3 is 0 Å². The van der Waals surface area contributed by atoms with Gasteiger partial charge in [0.1, 0.15) is 6.10 Å². The highest BCUT2D eigenvalue weighted by Crippen LogP contribution is 2.27. The fourth-order valence-corrected chi connectivity index (χ4v) is 4.30. The van der Waals surface area contributed by atoms with Crippen molar-refractivity contribution in [3.8, 4) is 11.1 Å².